The van der Waals surface area contributed by atoms with E-state index in [1.165, 1.54) is 6.42 Å². The molecule has 0 spiro atoms. The van der Waals surface area contributed by atoms with Crippen LogP contribution in [0.5, 0.6) is 0 Å². The van der Waals surface area contributed by atoms with E-state index < -0.39 is 5.60 Å². The minimum absolute atomic E-state index is 0.0674. The van der Waals surface area contributed by atoms with Gasteiger partial charge in [-0.25, -0.2) is 0 Å². The molecule has 1 amide bonds. The lowest BCUT2D eigenvalue weighted by Gasteiger charge is -2.32. The summed E-state index contributed by atoms with van der Waals surface area (Å²) in [6, 6.07) is 0. The van der Waals surface area contributed by atoms with Gasteiger partial charge in [0.1, 0.15) is 0 Å². The number of carbonyl (C=O) groups is 1. The molecule has 4 heteroatoms. The molecule has 0 aromatic rings. The fraction of sp³-hybridized carbons (Fsp3) is 0.900. The third kappa shape index (κ3) is 1.77. The summed E-state index contributed by atoms with van der Waals surface area (Å²) in [5.74, 6) is -0.0674. The first-order chi connectivity index (χ1) is 6.72. The first-order valence-corrected chi connectivity index (χ1v) is 5.45. The maximum atomic E-state index is 12.0. The molecule has 1 atom stereocenters. The van der Waals surface area contributed by atoms with Gasteiger partial charge in [0.15, 0.2) is 5.60 Å². The van der Waals surface area contributed by atoms with E-state index in [1.807, 2.05) is 4.90 Å². The molecule has 0 radical (unpaired) electrons. The summed E-state index contributed by atoms with van der Waals surface area (Å²) in [4.78, 5) is 13.8. The Morgan fingerprint density at radius 3 is 2.57 bits per heavy atom. The lowest BCUT2D eigenvalue weighted by Crippen LogP contribution is -2.51. The lowest BCUT2D eigenvalue weighted by atomic mass is 10.00. The van der Waals surface area contributed by atoms with E-state index in [-0.39, 0.29) is 5.91 Å². The summed E-state index contributed by atoms with van der Waals surface area (Å²) < 4.78 is 0. The Bertz CT molecular complexity index is 218. The number of likely N-dealkylation sites (tertiary alicyclic amines) is 1. The van der Waals surface area contributed by atoms with Gasteiger partial charge in [-0.2, -0.15) is 0 Å². The Balaban J connectivity index is 1.98. The SMILES string of the molecule is O=C(N1CCCCC1)C1(O)CCNC1. The minimum Gasteiger partial charge on any atom is -0.379 e. The van der Waals surface area contributed by atoms with Gasteiger partial charge in [-0.15, -0.1) is 0 Å². The van der Waals surface area contributed by atoms with Gasteiger partial charge < -0.3 is 15.3 Å². The van der Waals surface area contributed by atoms with Crippen LogP contribution in [0.3, 0.4) is 0 Å². The number of aliphatic hydroxyl groups is 1. The number of nitrogens with zero attached hydrogens (tertiary/aromatic N) is 1. The Morgan fingerprint density at radius 2 is 2.00 bits per heavy atom. The first kappa shape index (κ1) is 9.93. The highest BCUT2D eigenvalue weighted by molar-refractivity contribution is 5.85. The smallest absolute Gasteiger partial charge is 0.255 e. The number of amides is 1. The second-order valence-electron chi connectivity index (χ2n) is 4.31. The van der Waals surface area contributed by atoms with Crippen molar-refractivity contribution in [3.8, 4) is 0 Å². The van der Waals surface area contributed by atoms with Crippen LogP contribution in [-0.4, -0.2) is 47.7 Å². The molecule has 2 aliphatic rings. The summed E-state index contributed by atoms with van der Waals surface area (Å²) in [5.41, 5.74) is -1.11. The van der Waals surface area contributed by atoms with Gasteiger partial charge in [0.25, 0.3) is 5.91 Å². The highest BCUT2D eigenvalue weighted by atomic mass is 16.3. The quantitative estimate of drug-likeness (QED) is 0.609. The number of carbonyl (C=O) groups excluding carboxylic acids is 1. The van der Waals surface area contributed by atoms with E-state index in [9.17, 15) is 9.90 Å². The second-order valence-corrected chi connectivity index (χ2v) is 4.31. The molecule has 14 heavy (non-hydrogen) atoms. The van der Waals surface area contributed by atoms with Crippen LogP contribution in [0.2, 0.25) is 0 Å². The molecule has 2 N–H and O–H groups in total. The largest absolute Gasteiger partial charge is 0.379 e. The number of rotatable bonds is 1. The summed E-state index contributed by atoms with van der Waals surface area (Å²) in [6.07, 6.45) is 3.92. The van der Waals surface area contributed by atoms with E-state index in [1.54, 1.807) is 0 Å². The molecule has 2 rings (SSSR count). The molecule has 2 saturated heterocycles. The van der Waals surface area contributed by atoms with E-state index in [4.69, 9.17) is 0 Å². The molecule has 0 aliphatic carbocycles. The maximum absolute atomic E-state index is 12.0. The van der Waals surface area contributed by atoms with Gasteiger partial charge >= 0.3 is 0 Å². The molecule has 0 aromatic heterocycles. The molecule has 2 aliphatic heterocycles. The number of nitrogens with one attached hydrogen (secondary N) is 1. The zero-order valence-electron chi connectivity index (χ0n) is 8.46. The minimum atomic E-state index is -1.11. The van der Waals surface area contributed by atoms with E-state index >= 15 is 0 Å². The molecule has 0 aromatic carbocycles. The third-order valence-electron chi connectivity index (χ3n) is 3.17. The van der Waals surface area contributed by atoms with Crippen LogP contribution in [0.25, 0.3) is 0 Å². The molecular weight excluding hydrogens is 180 g/mol. The van der Waals surface area contributed by atoms with E-state index in [0.717, 1.165) is 32.5 Å². The van der Waals surface area contributed by atoms with Crippen molar-refractivity contribution >= 4 is 5.91 Å². The number of hydrogen-bond donors (Lipinski definition) is 2. The molecule has 2 heterocycles. The van der Waals surface area contributed by atoms with E-state index in [0.29, 0.717) is 13.0 Å². The van der Waals surface area contributed by atoms with Crippen LogP contribution < -0.4 is 5.32 Å². The van der Waals surface area contributed by atoms with E-state index in [2.05, 4.69) is 5.32 Å². The molecule has 80 valence electrons. The predicted molar refractivity (Wildman–Crippen MR) is 52.9 cm³/mol. The Morgan fingerprint density at radius 1 is 1.29 bits per heavy atom. The molecule has 0 saturated carbocycles. The van der Waals surface area contributed by atoms with Crippen LogP contribution in [0.4, 0.5) is 0 Å². The highest BCUT2D eigenvalue weighted by Crippen LogP contribution is 2.20. The van der Waals surface area contributed by atoms with Gasteiger partial charge in [-0.05, 0) is 32.2 Å². The molecular formula is C10H18N2O2. The summed E-state index contributed by atoms with van der Waals surface area (Å²) in [5, 5.41) is 13.1. The monoisotopic (exact) mass is 198 g/mol. The van der Waals surface area contributed by atoms with Gasteiger partial charge in [-0.3, -0.25) is 4.79 Å². The first-order valence-electron chi connectivity index (χ1n) is 5.45. The average Bonchev–Trinajstić information content (AvgIpc) is 2.67. The van der Waals surface area contributed by atoms with Crippen molar-refractivity contribution in [2.45, 2.75) is 31.3 Å². The predicted octanol–water partition coefficient (Wildman–Crippen LogP) is -0.277. The Kier molecular flexibility index (Phi) is 2.74. The zero-order valence-corrected chi connectivity index (χ0v) is 8.46. The summed E-state index contributed by atoms with van der Waals surface area (Å²) in [7, 11) is 0. The van der Waals surface area contributed by atoms with Crippen LogP contribution in [0.1, 0.15) is 25.7 Å². The van der Waals surface area contributed by atoms with Crippen molar-refractivity contribution in [3.05, 3.63) is 0 Å². The summed E-state index contributed by atoms with van der Waals surface area (Å²) in [6.45, 7) is 2.81. The Labute approximate surface area is 84.3 Å². The Hall–Kier alpha value is -0.610. The van der Waals surface area contributed by atoms with Crippen LogP contribution in [0, 0.1) is 0 Å². The highest BCUT2D eigenvalue weighted by Gasteiger charge is 2.41. The van der Waals surface area contributed by atoms with Crippen molar-refractivity contribution in [3.63, 3.8) is 0 Å². The van der Waals surface area contributed by atoms with Crippen molar-refractivity contribution < 1.29 is 9.90 Å². The zero-order chi connectivity index (χ0) is 10.0. The van der Waals surface area contributed by atoms with Gasteiger partial charge in [0.05, 0.1) is 0 Å². The fourth-order valence-corrected chi connectivity index (χ4v) is 2.25. The lowest BCUT2D eigenvalue weighted by molar-refractivity contribution is -0.150. The average molecular weight is 198 g/mol. The fourth-order valence-electron chi connectivity index (χ4n) is 2.25. The number of β-amino-alcohol motifs (C(OH)–C–C–N with tert-alkyl or cyclic N) is 1. The standard InChI is InChI=1S/C10H18N2O2/c13-9(10(14)4-5-11-8-10)12-6-2-1-3-7-12/h11,14H,1-8H2. The van der Waals surface area contributed by atoms with Gasteiger partial charge in [0, 0.05) is 19.6 Å². The number of hydrogen-bond acceptors (Lipinski definition) is 3. The van der Waals surface area contributed by atoms with Crippen molar-refractivity contribution in [2.75, 3.05) is 26.2 Å². The van der Waals surface area contributed by atoms with Crippen LogP contribution in [0.15, 0.2) is 0 Å². The normalized spacial score (nSPS) is 33.4. The van der Waals surface area contributed by atoms with Gasteiger partial charge in [0.2, 0.25) is 0 Å². The number of piperidine rings is 1. The van der Waals surface area contributed by atoms with Gasteiger partial charge in [-0.1, -0.05) is 0 Å². The molecule has 1 unspecified atom stereocenters. The van der Waals surface area contributed by atoms with Crippen molar-refractivity contribution in [1.29, 1.82) is 0 Å². The molecule has 0 bridgehead atoms. The second kappa shape index (κ2) is 3.87. The van der Waals surface area contributed by atoms with Crippen molar-refractivity contribution in [2.24, 2.45) is 0 Å². The van der Waals surface area contributed by atoms with Crippen LogP contribution in [-0.2, 0) is 4.79 Å². The van der Waals surface area contributed by atoms with Crippen LogP contribution >= 0.6 is 0 Å². The summed E-state index contributed by atoms with van der Waals surface area (Å²) >= 11 is 0. The molecule has 4 nitrogen and oxygen atoms in total. The molecule has 2 fully saturated rings. The maximum Gasteiger partial charge on any atom is 0.255 e. The van der Waals surface area contributed by atoms with Crippen molar-refractivity contribution in [1.82, 2.24) is 10.2 Å². The topological polar surface area (TPSA) is 52.6 Å². The third-order valence-corrected chi connectivity index (χ3v) is 3.17.